The molecule has 1 unspecified atom stereocenters. The molecule has 0 aromatic heterocycles. The summed E-state index contributed by atoms with van der Waals surface area (Å²) in [5.74, 6) is 0.426. The Hall–Kier alpha value is -0.780. The number of rotatable bonds is 4. The first kappa shape index (κ1) is 15.6. The van der Waals surface area contributed by atoms with Crippen molar-refractivity contribution in [1.29, 1.82) is 0 Å². The number of sulfonamides is 1. The van der Waals surface area contributed by atoms with Crippen molar-refractivity contribution < 1.29 is 8.42 Å². The van der Waals surface area contributed by atoms with Crippen molar-refractivity contribution in [2.45, 2.75) is 50.5 Å². The molecule has 1 aromatic rings. The van der Waals surface area contributed by atoms with Gasteiger partial charge in [-0.15, -0.1) is 0 Å². The van der Waals surface area contributed by atoms with Gasteiger partial charge in [0.15, 0.2) is 0 Å². The van der Waals surface area contributed by atoms with E-state index in [0.29, 0.717) is 22.2 Å². The first-order chi connectivity index (χ1) is 9.31. The molecule has 1 aromatic carbocycles. The average Bonchev–Trinajstić information content (AvgIpc) is 2.88. The minimum Gasteiger partial charge on any atom is -0.397 e. The maximum absolute atomic E-state index is 12.4. The van der Waals surface area contributed by atoms with E-state index in [2.05, 4.69) is 4.72 Å². The third-order valence-electron chi connectivity index (χ3n) is 4.01. The van der Waals surface area contributed by atoms with Crippen LogP contribution in [0.5, 0.6) is 0 Å². The molecule has 1 aliphatic carbocycles. The zero-order valence-electron chi connectivity index (χ0n) is 11.8. The van der Waals surface area contributed by atoms with Gasteiger partial charge < -0.3 is 5.73 Å². The highest BCUT2D eigenvalue weighted by atomic mass is 35.5. The molecule has 1 atom stereocenters. The number of anilines is 1. The van der Waals surface area contributed by atoms with Crippen LogP contribution in [0.1, 0.15) is 38.2 Å². The van der Waals surface area contributed by atoms with E-state index in [1.54, 1.807) is 13.0 Å². The van der Waals surface area contributed by atoms with Gasteiger partial charge in [-0.3, -0.25) is 0 Å². The lowest BCUT2D eigenvalue weighted by molar-refractivity contribution is 0.424. The number of hydrogen-bond acceptors (Lipinski definition) is 3. The van der Waals surface area contributed by atoms with Gasteiger partial charge in [-0.25, -0.2) is 13.1 Å². The summed E-state index contributed by atoms with van der Waals surface area (Å²) in [6, 6.07) is 2.92. The van der Waals surface area contributed by atoms with Crippen molar-refractivity contribution in [2.75, 3.05) is 5.73 Å². The highest BCUT2D eigenvalue weighted by Crippen LogP contribution is 2.30. The molecule has 0 amide bonds. The Morgan fingerprint density at radius 2 is 1.95 bits per heavy atom. The molecular formula is C14H21ClN2O2S. The zero-order valence-corrected chi connectivity index (χ0v) is 13.4. The first-order valence-electron chi connectivity index (χ1n) is 6.89. The Morgan fingerprint density at radius 3 is 2.50 bits per heavy atom. The summed E-state index contributed by atoms with van der Waals surface area (Å²) >= 11 is 5.97. The van der Waals surface area contributed by atoms with E-state index in [0.717, 1.165) is 12.8 Å². The van der Waals surface area contributed by atoms with Crippen LogP contribution in [0.25, 0.3) is 0 Å². The van der Waals surface area contributed by atoms with Crippen molar-refractivity contribution in [3.8, 4) is 0 Å². The minimum atomic E-state index is -3.55. The Bertz CT molecular complexity index is 572. The predicted octanol–water partition coefficient (Wildman–Crippen LogP) is 3.09. The van der Waals surface area contributed by atoms with Crippen LogP contribution in [0.3, 0.4) is 0 Å². The Morgan fingerprint density at radius 1 is 1.35 bits per heavy atom. The Labute approximate surface area is 125 Å². The smallest absolute Gasteiger partial charge is 0.240 e. The number of nitrogen functional groups attached to an aromatic ring is 1. The third kappa shape index (κ3) is 3.27. The molecule has 1 fully saturated rings. The van der Waals surface area contributed by atoms with E-state index >= 15 is 0 Å². The molecule has 2 rings (SSSR count). The summed E-state index contributed by atoms with van der Waals surface area (Å²) in [5, 5.41) is 0.410. The van der Waals surface area contributed by atoms with Crippen molar-refractivity contribution in [2.24, 2.45) is 5.92 Å². The van der Waals surface area contributed by atoms with E-state index in [1.807, 2.05) is 6.92 Å². The van der Waals surface area contributed by atoms with Crippen molar-refractivity contribution in [3.05, 3.63) is 22.7 Å². The van der Waals surface area contributed by atoms with Gasteiger partial charge in [-0.05, 0) is 50.3 Å². The number of halogens is 1. The van der Waals surface area contributed by atoms with Crippen LogP contribution in [0.2, 0.25) is 5.02 Å². The van der Waals surface area contributed by atoms with E-state index in [-0.39, 0.29) is 10.9 Å². The van der Waals surface area contributed by atoms with Crippen LogP contribution in [0.4, 0.5) is 5.69 Å². The average molecular weight is 317 g/mol. The number of hydrogen-bond donors (Lipinski definition) is 2. The molecule has 0 spiro atoms. The predicted molar refractivity (Wildman–Crippen MR) is 82.3 cm³/mol. The summed E-state index contributed by atoms with van der Waals surface area (Å²) in [5.41, 5.74) is 6.71. The lowest BCUT2D eigenvalue weighted by atomic mass is 10.0. The second-order valence-electron chi connectivity index (χ2n) is 5.60. The molecule has 1 aliphatic rings. The molecular weight excluding hydrogens is 296 g/mol. The lowest BCUT2D eigenvalue weighted by Gasteiger charge is -2.20. The molecule has 112 valence electrons. The lowest BCUT2D eigenvalue weighted by Crippen LogP contribution is -2.37. The molecule has 0 aliphatic heterocycles. The number of nitrogens with two attached hydrogens (primary N) is 1. The molecule has 20 heavy (non-hydrogen) atoms. The van der Waals surface area contributed by atoms with E-state index < -0.39 is 10.0 Å². The molecule has 0 saturated heterocycles. The normalized spacial score (nSPS) is 18.4. The van der Waals surface area contributed by atoms with E-state index in [4.69, 9.17) is 17.3 Å². The van der Waals surface area contributed by atoms with Crippen LogP contribution < -0.4 is 10.5 Å². The second-order valence-corrected chi connectivity index (χ2v) is 7.69. The van der Waals surface area contributed by atoms with Crippen molar-refractivity contribution >= 4 is 27.3 Å². The zero-order chi connectivity index (χ0) is 14.9. The van der Waals surface area contributed by atoms with Gasteiger partial charge in [0, 0.05) is 6.04 Å². The standard InChI is InChI=1S/C14H21ClN2O2S/c1-9-7-12(8-13(16)14(9)15)20(18,19)17-10(2)11-5-3-4-6-11/h7-8,10-11,17H,3-6,16H2,1-2H3. The second kappa shape index (κ2) is 5.92. The molecule has 0 heterocycles. The first-order valence-corrected chi connectivity index (χ1v) is 8.75. The van der Waals surface area contributed by atoms with Gasteiger partial charge >= 0.3 is 0 Å². The SMILES string of the molecule is Cc1cc(S(=O)(=O)NC(C)C2CCCC2)cc(N)c1Cl. The van der Waals surface area contributed by atoms with E-state index in [9.17, 15) is 8.42 Å². The van der Waals surface area contributed by atoms with Gasteiger partial charge in [0.1, 0.15) is 0 Å². The van der Waals surface area contributed by atoms with Gasteiger partial charge in [0.2, 0.25) is 10.0 Å². The van der Waals surface area contributed by atoms with Crippen LogP contribution in [-0.4, -0.2) is 14.5 Å². The summed E-state index contributed by atoms with van der Waals surface area (Å²) in [7, 11) is -3.55. The topological polar surface area (TPSA) is 72.2 Å². The maximum atomic E-state index is 12.4. The Balaban J connectivity index is 2.21. The van der Waals surface area contributed by atoms with Crippen LogP contribution in [0, 0.1) is 12.8 Å². The number of aryl methyl sites for hydroxylation is 1. The Kier molecular flexibility index (Phi) is 4.62. The third-order valence-corrected chi connectivity index (χ3v) is 6.07. The number of nitrogens with one attached hydrogen (secondary N) is 1. The van der Waals surface area contributed by atoms with Crippen LogP contribution in [-0.2, 0) is 10.0 Å². The van der Waals surface area contributed by atoms with Crippen LogP contribution >= 0.6 is 11.6 Å². The molecule has 4 nitrogen and oxygen atoms in total. The largest absolute Gasteiger partial charge is 0.397 e. The summed E-state index contributed by atoms with van der Waals surface area (Å²) < 4.78 is 27.6. The monoisotopic (exact) mass is 316 g/mol. The quantitative estimate of drug-likeness (QED) is 0.838. The summed E-state index contributed by atoms with van der Waals surface area (Å²) in [6.07, 6.45) is 4.55. The van der Waals surface area contributed by atoms with Gasteiger partial charge in [0.05, 0.1) is 15.6 Å². The van der Waals surface area contributed by atoms with Gasteiger partial charge in [-0.2, -0.15) is 0 Å². The maximum Gasteiger partial charge on any atom is 0.240 e. The summed E-state index contributed by atoms with van der Waals surface area (Å²) in [4.78, 5) is 0.182. The van der Waals surface area contributed by atoms with Crippen LogP contribution in [0.15, 0.2) is 17.0 Å². The van der Waals surface area contributed by atoms with E-state index in [1.165, 1.54) is 18.9 Å². The van der Waals surface area contributed by atoms with Crippen molar-refractivity contribution in [3.63, 3.8) is 0 Å². The minimum absolute atomic E-state index is 0.0558. The fourth-order valence-corrected chi connectivity index (χ4v) is 4.33. The molecule has 0 bridgehead atoms. The molecule has 0 radical (unpaired) electrons. The fraction of sp³-hybridized carbons (Fsp3) is 0.571. The van der Waals surface area contributed by atoms with Gasteiger partial charge in [-0.1, -0.05) is 24.4 Å². The fourth-order valence-electron chi connectivity index (χ4n) is 2.78. The molecule has 1 saturated carbocycles. The van der Waals surface area contributed by atoms with Crippen molar-refractivity contribution in [1.82, 2.24) is 4.72 Å². The number of benzene rings is 1. The summed E-state index contributed by atoms with van der Waals surface area (Å²) in [6.45, 7) is 3.68. The highest BCUT2D eigenvalue weighted by molar-refractivity contribution is 7.89. The molecule has 6 heteroatoms. The highest BCUT2D eigenvalue weighted by Gasteiger charge is 2.26. The molecule has 3 N–H and O–H groups in total. The van der Waals surface area contributed by atoms with Gasteiger partial charge in [0.25, 0.3) is 0 Å².